The Morgan fingerprint density at radius 2 is 2.25 bits per heavy atom. The molecule has 20 heavy (non-hydrogen) atoms. The topological polar surface area (TPSA) is 41.6 Å². The minimum absolute atomic E-state index is 0.121. The van der Waals surface area contributed by atoms with Gasteiger partial charge in [0.05, 0.1) is 6.61 Å². The monoisotopic (exact) mass is 276 g/mol. The third kappa shape index (κ3) is 3.58. The molecule has 1 N–H and O–H groups in total. The average Bonchev–Trinajstić information content (AvgIpc) is 2.43. The lowest BCUT2D eigenvalue weighted by atomic mass is 10.0. The van der Waals surface area contributed by atoms with Gasteiger partial charge < -0.3 is 10.1 Å². The van der Waals surface area contributed by atoms with Crippen molar-refractivity contribution in [3.63, 3.8) is 0 Å². The summed E-state index contributed by atoms with van der Waals surface area (Å²) in [6, 6.07) is 6.31. The van der Waals surface area contributed by atoms with Crippen LogP contribution in [0.1, 0.15) is 23.6 Å². The number of hydrogen-bond acceptors (Lipinski definition) is 4. The molecule has 110 valence electrons. The molecular formula is C16H24N2O2. The van der Waals surface area contributed by atoms with E-state index in [2.05, 4.69) is 42.3 Å². The molecule has 1 aliphatic heterocycles. The van der Waals surface area contributed by atoms with Crippen molar-refractivity contribution >= 4 is 5.97 Å². The molecule has 1 aliphatic rings. The van der Waals surface area contributed by atoms with Crippen LogP contribution in [-0.2, 0) is 16.1 Å². The number of benzene rings is 1. The first kappa shape index (κ1) is 15.0. The van der Waals surface area contributed by atoms with Crippen molar-refractivity contribution in [1.82, 2.24) is 10.2 Å². The summed E-state index contributed by atoms with van der Waals surface area (Å²) < 4.78 is 5.18. The lowest BCUT2D eigenvalue weighted by Gasteiger charge is -2.34. The standard InChI is InChI=1S/C16H24N2O2/c1-4-20-16(19)15-10-17-7-8-18(15)11-14-6-5-12(2)9-13(14)3/h5-6,9,15,17H,4,7-8,10-11H2,1-3H3. The van der Waals surface area contributed by atoms with E-state index in [1.165, 1.54) is 16.7 Å². The highest BCUT2D eigenvalue weighted by Crippen LogP contribution is 2.16. The van der Waals surface area contributed by atoms with Crippen LogP contribution in [0.5, 0.6) is 0 Å². The summed E-state index contributed by atoms with van der Waals surface area (Å²) in [5.41, 5.74) is 3.84. The van der Waals surface area contributed by atoms with Crippen LogP contribution in [0.3, 0.4) is 0 Å². The van der Waals surface area contributed by atoms with Crippen molar-refractivity contribution in [2.45, 2.75) is 33.4 Å². The Morgan fingerprint density at radius 3 is 2.95 bits per heavy atom. The number of piperazine rings is 1. The fourth-order valence-corrected chi connectivity index (χ4v) is 2.65. The molecule has 0 amide bonds. The van der Waals surface area contributed by atoms with Gasteiger partial charge in [-0.2, -0.15) is 0 Å². The third-order valence-electron chi connectivity index (χ3n) is 3.78. The first-order chi connectivity index (χ1) is 9.61. The fourth-order valence-electron chi connectivity index (χ4n) is 2.65. The van der Waals surface area contributed by atoms with Crippen molar-refractivity contribution in [2.24, 2.45) is 0 Å². The second-order valence-corrected chi connectivity index (χ2v) is 5.37. The summed E-state index contributed by atoms with van der Waals surface area (Å²) in [7, 11) is 0. The number of rotatable bonds is 4. The van der Waals surface area contributed by atoms with Crippen LogP contribution in [0.25, 0.3) is 0 Å². The maximum absolute atomic E-state index is 12.0. The maximum Gasteiger partial charge on any atom is 0.324 e. The predicted molar refractivity (Wildman–Crippen MR) is 79.6 cm³/mol. The zero-order valence-electron chi connectivity index (χ0n) is 12.6. The summed E-state index contributed by atoms with van der Waals surface area (Å²) in [6.45, 7) is 9.78. The Morgan fingerprint density at radius 1 is 1.45 bits per heavy atom. The van der Waals surface area contributed by atoms with Crippen LogP contribution in [-0.4, -0.2) is 43.2 Å². The Labute approximate surface area is 121 Å². The molecular weight excluding hydrogens is 252 g/mol. The molecule has 1 fully saturated rings. The highest BCUT2D eigenvalue weighted by Gasteiger charge is 2.29. The van der Waals surface area contributed by atoms with Crippen molar-refractivity contribution in [3.05, 3.63) is 34.9 Å². The molecule has 1 unspecified atom stereocenters. The van der Waals surface area contributed by atoms with Gasteiger partial charge in [-0.15, -0.1) is 0 Å². The molecule has 1 saturated heterocycles. The van der Waals surface area contributed by atoms with Gasteiger partial charge >= 0.3 is 5.97 Å². The number of carbonyl (C=O) groups excluding carboxylic acids is 1. The van der Waals surface area contributed by atoms with Crippen molar-refractivity contribution in [2.75, 3.05) is 26.2 Å². The average molecular weight is 276 g/mol. The number of carbonyl (C=O) groups is 1. The van der Waals surface area contributed by atoms with Crippen LogP contribution in [0.2, 0.25) is 0 Å². The normalized spacial score (nSPS) is 19.9. The Balaban J connectivity index is 2.10. The van der Waals surface area contributed by atoms with E-state index in [9.17, 15) is 4.79 Å². The van der Waals surface area contributed by atoms with E-state index in [0.29, 0.717) is 13.2 Å². The van der Waals surface area contributed by atoms with Crippen molar-refractivity contribution < 1.29 is 9.53 Å². The van der Waals surface area contributed by atoms with Gasteiger partial charge in [-0.1, -0.05) is 23.8 Å². The molecule has 1 heterocycles. The Kier molecular flexibility index (Phi) is 5.15. The first-order valence-electron chi connectivity index (χ1n) is 7.29. The molecule has 2 rings (SSSR count). The number of nitrogens with one attached hydrogen (secondary N) is 1. The molecule has 0 saturated carbocycles. The van der Waals surface area contributed by atoms with Gasteiger partial charge in [0.25, 0.3) is 0 Å². The summed E-state index contributed by atoms with van der Waals surface area (Å²) in [5.74, 6) is -0.121. The highest BCUT2D eigenvalue weighted by molar-refractivity contribution is 5.76. The summed E-state index contributed by atoms with van der Waals surface area (Å²) in [4.78, 5) is 14.2. The molecule has 0 aliphatic carbocycles. The van der Waals surface area contributed by atoms with E-state index in [-0.39, 0.29) is 12.0 Å². The molecule has 0 radical (unpaired) electrons. The number of esters is 1. The fraction of sp³-hybridized carbons (Fsp3) is 0.562. The highest BCUT2D eigenvalue weighted by atomic mass is 16.5. The van der Waals surface area contributed by atoms with Gasteiger partial charge in [0.1, 0.15) is 6.04 Å². The predicted octanol–water partition coefficient (Wildman–Crippen LogP) is 1.64. The summed E-state index contributed by atoms with van der Waals surface area (Å²) in [6.07, 6.45) is 0. The molecule has 4 nitrogen and oxygen atoms in total. The second-order valence-electron chi connectivity index (χ2n) is 5.37. The number of nitrogens with zero attached hydrogens (tertiary/aromatic N) is 1. The smallest absolute Gasteiger partial charge is 0.324 e. The largest absolute Gasteiger partial charge is 0.465 e. The second kappa shape index (κ2) is 6.86. The molecule has 0 aromatic heterocycles. The Hall–Kier alpha value is -1.39. The van der Waals surface area contributed by atoms with Crippen LogP contribution < -0.4 is 5.32 Å². The van der Waals surface area contributed by atoms with E-state index in [1.807, 2.05) is 6.92 Å². The number of hydrogen-bond donors (Lipinski definition) is 1. The molecule has 0 spiro atoms. The van der Waals surface area contributed by atoms with Gasteiger partial charge in [0.15, 0.2) is 0 Å². The molecule has 4 heteroatoms. The minimum Gasteiger partial charge on any atom is -0.465 e. The zero-order chi connectivity index (χ0) is 14.5. The SMILES string of the molecule is CCOC(=O)C1CNCCN1Cc1ccc(C)cc1C. The van der Waals surface area contributed by atoms with Crippen LogP contribution >= 0.6 is 0 Å². The van der Waals surface area contributed by atoms with Gasteiger partial charge in [-0.25, -0.2) is 0 Å². The summed E-state index contributed by atoms with van der Waals surface area (Å²) in [5, 5.41) is 3.27. The maximum atomic E-state index is 12.0. The van der Waals surface area contributed by atoms with E-state index in [4.69, 9.17) is 4.74 Å². The lowest BCUT2D eigenvalue weighted by Crippen LogP contribution is -2.54. The van der Waals surface area contributed by atoms with E-state index in [1.54, 1.807) is 0 Å². The lowest BCUT2D eigenvalue weighted by molar-refractivity contribution is -0.150. The quantitative estimate of drug-likeness (QED) is 0.849. The van der Waals surface area contributed by atoms with Gasteiger partial charge in [-0.05, 0) is 31.9 Å². The van der Waals surface area contributed by atoms with Gasteiger partial charge in [0.2, 0.25) is 0 Å². The van der Waals surface area contributed by atoms with E-state index in [0.717, 1.165) is 19.6 Å². The first-order valence-corrected chi connectivity index (χ1v) is 7.29. The van der Waals surface area contributed by atoms with Crippen molar-refractivity contribution in [3.8, 4) is 0 Å². The van der Waals surface area contributed by atoms with Crippen LogP contribution in [0.4, 0.5) is 0 Å². The van der Waals surface area contributed by atoms with Crippen LogP contribution in [0.15, 0.2) is 18.2 Å². The number of aryl methyl sites for hydroxylation is 2. The summed E-state index contributed by atoms with van der Waals surface area (Å²) >= 11 is 0. The third-order valence-corrected chi connectivity index (χ3v) is 3.78. The molecule has 0 bridgehead atoms. The van der Waals surface area contributed by atoms with E-state index >= 15 is 0 Å². The zero-order valence-corrected chi connectivity index (χ0v) is 12.6. The molecule has 1 atom stereocenters. The van der Waals surface area contributed by atoms with Crippen molar-refractivity contribution in [1.29, 1.82) is 0 Å². The van der Waals surface area contributed by atoms with Gasteiger partial charge in [0, 0.05) is 26.2 Å². The Bertz CT molecular complexity index is 474. The molecule has 1 aromatic carbocycles. The van der Waals surface area contributed by atoms with Crippen LogP contribution in [0, 0.1) is 13.8 Å². The number of ether oxygens (including phenoxy) is 1. The van der Waals surface area contributed by atoms with Gasteiger partial charge in [-0.3, -0.25) is 9.69 Å². The molecule has 1 aromatic rings. The minimum atomic E-state index is -0.176. The van der Waals surface area contributed by atoms with E-state index < -0.39 is 0 Å².